The summed E-state index contributed by atoms with van der Waals surface area (Å²) in [7, 11) is 0. The summed E-state index contributed by atoms with van der Waals surface area (Å²) in [4.78, 5) is 4.88. The lowest BCUT2D eigenvalue weighted by Gasteiger charge is -2.35. The van der Waals surface area contributed by atoms with Crippen molar-refractivity contribution in [1.82, 2.24) is 10.5 Å². The van der Waals surface area contributed by atoms with Crippen LogP contribution in [0.1, 0.15) is 62.6 Å². The lowest BCUT2D eigenvalue weighted by atomic mass is 9.78. The summed E-state index contributed by atoms with van der Waals surface area (Å²) in [6.45, 7) is 8.44. The molecule has 116 valence electrons. The molecule has 1 aliphatic carbocycles. The molecule has 21 heavy (non-hydrogen) atoms. The average molecular weight is 307 g/mol. The molecule has 1 aromatic rings. The quantitative estimate of drug-likeness (QED) is 0.897. The van der Waals surface area contributed by atoms with Crippen LogP contribution in [0.2, 0.25) is 0 Å². The standard InChI is InChI=1S/C16H25N3OS/c1-10-5-7-16(8-6-10)9-21-15(18-16)17-11(2)14-12(3)19-20-13(14)4/h10-11H,5-9H2,1-4H3,(H,17,18). The Morgan fingerprint density at radius 1 is 1.38 bits per heavy atom. The van der Waals surface area contributed by atoms with Gasteiger partial charge in [-0.1, -0.05) is 23.8 Å². The molecule has 1 aliphatic heterocycles. The summed E-state index contributed by atoms with van der Waals surface area (Å²) in [6, 6.07) is 0.101. The molecule has 1 unspecified atom stereocenters. The fourth-order valence-electron chi connectivity index (χ4n) is 3.49. The van der Waals surface area contributed by atoms with Crippen LogP contribution in [0.25, 0.3) is 0 Å². The number of aryl methyl sites for hydroxylation is 2. The van der Waals surface area contributed by atoms with E-state index in [0.717, 1.165) is 33.9 Å². The molecule has 0 aromatic carbocycles. The fourth-order valence-corrected chi connectivity index (χ4v) is 4.78. The Balaban J connectivity index is 1.71. The molecule has 0 bridgehead atoms. The predicted molar refractivity (Wildman–Crippen MR) is 87.8 cm³/mol. The van der Waals surface area contributed by atoms with Gasteiger partial charge < -0.3 is 9.84 Å². The first-order chi connectivity index (χ1) is 9.99. The summed E-state index contributed by atoms with van der Waals surface area (Å²) in [5.74, 6) is 2.92. The lowest BCUT2D eigenvalue weighted by molar-refractivity contribution is 0.250. The van der Waals surface area contributed by atoms with E-state index in [1.807, 2.05) is 25.6 Å². The van der Waals surface area contributed by atoms with E-state index in [1.165, 1.54) is 25.7 Å². The third-order valence-electron chi connectivity index (χ3n) is 4.91. The smallest absolute Gasteiger partial charge is 0.157 e. The van der Waals surface area contributed by atoms with E-state index < -0.39 is 0 Å². The van der Waals surface area contributed by atoms with E-state index in [2.05, 4.69) is 24.3 Å². The molecule has 1 spiro atoms. The van der Waals surface area contributed by atoms with Gasteiger partial charge in [0.1, 0.15) is 5.76 Å². The van der Waals surface area contributed by atoms with E-state index in [1.54, 1.807) is 0 Å². The molecular weight excluding hydrogens is 282 g/mol. The zero-order valence-corrected chi connectivity index (χ0v) is 14.2. The van der Waals surface area contributed by atoms with Crippen LogP contribution in [0.15, 0.2) is 9.52 Å². The van der Waals surface area contributed by atoms with Crippen LogP contribution in [0.4, 0.5) is 0 Å². The van der Waals surface area contributed by atoms with Gasteiger partial charge in [-0.15, -0.1) is 0 Å². The van der Waals surface area contributed by atoms with Crippen LogP contribution in [0.5, 0.6) is 0 Å². The molecule has 0 amide bonds. The third-order valence-corrected chi connectivity index (χ3v) is 6.08. The molecule has 1 saturated heterocycles. The monoisotopic (exact) mass is 307 g/mol. The predicted octanol–water partition coefficient (Wildman–Crippen LogP) is 3.99. The molecule has 1 atom stereocenters. The highest BCUT2D eigenvalue weighted by Gasteiger charge is 2.39. The Hall–Kier alpha value is -0.970. The Bertz CT molecular complexity index is 524. The molecule has 2 heterocycles. The van der Waals surface area contributed by atoms with Crippen LogP contribution < -0.4 is 5.32 Å². The highest BCUT2D eigenvalue weighted by atomic mass is 32.2. The summed E-state index contributed by atoms with van der Waals surface area (Å²) >= 11 is 1.87. The Kier molecular flexibility index (Phi) is 4.04. The average Bonchev–Trinajstić information content (AvgIpc) is 2.98. The van der Waals surface area contributed by atoms with Crippen molar-refractivity contribution in [2.24, 2.45) is 10.9 Å². The number of amidine groups is 1. The second-order valence-electron chi connectivity index (χ2n) is 6.72. The largest absolute Gasteiger partial charge is 0.361 e. The molecule has 0 radical (unpaired) electrons. The van der Waals surface area contributed by atoms with Crippen molar-refractivity contribution < 1.29 is 4.52 Å². The Morgan fingerprint density at radius 3 is 2.71 bits per heavy atom. The fraction of sp³-hybridized carbons (Fsp3) is 0.750. The minimum Gasteiger partial charge on any atom is -0.361 e. The highest BCUT2D eigenvalue weighted by molar-refractivity contribution is 8.14. The minimum absolute atomic E-state index is 0.101. The number of aliphatic imine (C=N–C) groups is 1. The first kappa shape index (κ1) is 14.9. The van der Waals surface area contributed by atoms with Crippen LogP contribution in [-0.4, -0.2) is 21.6 Å². The van der Waals surface area contributed by atoms with E-state index in [0.29, 0.717) is 5.54 Å². The number of hydrogen-bond acceptors (Lipinski definition) is 4. The van der Waals surface area contributed by atoms with Gasteiger partial charge in [-0.25, -0.2) is 0 Å². The van der Waals surface area contributed by atoms with Gasteiger partial charge in [0.2, 0.25) is 0 Å². The molecular formula is C16H25N3OS. The normalized spacial score (nSPS) is 32.6. The van der Waals surface area contributed by atoms with Gasteiger partial charge in [-0.2, -0.15) is 0 Å². The Labute approximate surface area is 131 Å². The van der Waals surface area contributed by atoms with Crippen molar-refractivity contribution in [1.29, 1.82) is 0 Å². The van der Waals surface area contributed by atoms with E-state index in [9.17, 15) is 0 Å². The molecule has 4 nitrogen and oxygen atoms in total. The van der Waals surface area contributed by atoms with Crippen molar-refractivity contribution in [3.63, 3.8) is 0 Å². The first-order valence-electron chi connectivity index (χ1n) is 7.91. The van der Waals surface area contributed by atoms with Gasteiger partial charge in [0.25, 0.3) is 0 Å². The van der Waals surface area contributed by atoms with Gasteiger partial charge in [-0.05, 0) is 52.4 Å². The molecule has 3 rings (SSSR count). The van der Waals surface area contributed by atoms with Gasteiger partial charge in [-0.3, -0.25) is 4.99 Å². The van der Waals surface area contributed by atoms with Crippen LogP contribution in [0.3, 0.4) is 0 Å². The number of rotatable bonds is 2. The van der Waals surface area contributed by atoms with E-state index in [-0.39, 0.29) is 6.04 Å². The highest BCUT2D eigenvalue weighted by Crippen LogP contribution is 2.39. The maximum Gasteiger partial charge on any atom is 0.157 e. The van der Waals surface area contributed by atoms with Gasteiger partial charge in [0, 0.05) is 16.9 Å². The van der Waals surface area contributed by atoms with Gasteiger partial charge >= 0.3 is 0 Å². The van der Waals surface area contributed by atoms with Crippen LogP contribution >= 0.6 is 11.8 Å². The van der Waals surface area contributed by atoms with E-state index >= 15 is 0 Å². The minimum atomic E-state index is 0.101. The molecule has 1 N–H and O–H groups in total. The number of nitrogens with zero attached hydrogens (tertiary/aromatic N) is 2. The summed E-state index contributed by atoms with van der Waals surface area (Å²) in [6.07, 6.45) is 5.22. The molecule has 1 aromatic heterocycles. The topological polar surface area (TPSA) is 50.4 Å². The third kappa shape index (κ3) is 2.98. The van der Waals surface area contributed by atoms with Crippen LogP contribution in [-0.2, 0) is 0 Å². The van der Waals surface area contributed by atoms with Crippen molar-refractivity contribution in [3.8, 4) is 0 Å². The SMILES string of the molecule is Cc1noc(C)c1C(C)N=C1NC2(CCC(C)CC2)CS1. The molecule has 5 heteroatoms. The zero-order chi connectivity index (χ0) is 15.0. The lowest BCUT2D eigenvalue weighted by Crippen LogP contribution is -2.46. The molecule has 2 aliphatic rings. The zero-order valence-electron chi connectivity index (χ0n) is 13.4. The van der Waals surface area contributed by atoms with Gasteiger partial charge in [0.05, 0.1) is 11.7 Å². The van der Waals surface area contributed by atoms with Crippen molar-refractivity contribution >= 4 is 16.9 Å². The van der Waals surface area contributed by atoms with Crippen LogP contribution in [0, 0.1) is 19.8 Å². The van der Waals surface area contributed by atoms with Gasteiger partial charge in [0.15, 0.2) is 5.17 Å². The second kappa shape index (κ2) is 5.67. The van der Waals surface area contributed by atoms with E-state index in [4.69, 9.17) is 9.52 Å². The maximum atomic E-state index is 5.26. The summed E-state index contributed by atoms with van der Waals surface area (Å²) < 4.78 is 5.26. The van der Waals surface area contributed by atoms with Crippen molar-refractivity contribution in [2.75, 3.05) is 5.75 Å². The van der Waals surface area contributed by atoms with Crippen molar-refractivity contribution in [3.05, 3.63) is 17.0 Å². The maximum absolute atomic E-state index is 5.26. The summed E-state index contributed by atoms with van der Waals surface area (Å²) in [5, 5.41) is 8.85. The Morgan fingerprint density at radius 2 is 2.10 bits per heavy atom. The molecule has 1 saturated carbocycles. The number of nitrogens with one attached hydrogen (secondary N) is 1. The number of hydrogen-bond donors (Lipinski definition) is 1. The van der Waals surface area contributed by atoms with Crippen molar-refractivity contribution in [2.45, 2.75) is 65.0 Å². The number of aromatic nitrogens is 1. The first-order valence-corrected chi connectivity index (χ1v) is 8.89. The number of thioether (sulfide) groups is 1. The summed E-state index contributed by atoms with van der Waals surface area (Å²) in [5.41, 5.74) is 2.38. The molecule has 2 fully saturated rings. The second-order valence-corrected chi connectivity index (χ2v) is 7.69.